The van der Waals surface area contributed by atoms with Crippen LogP contribution in [0, 0.1) is 0 Å². The first-order chi connectivity index (χ1) is 15.2. The second-order valence-electron chi connectivity index (χ2n) is 7.52. The van der Waals surface area contributed by atoms with Gasteiger partial charge in [-0.3, -0.25) is 4.79 Å². The second kappa shape index (κ2) is 12.3. The van der Waals surface area contributed by atoms with E-state index >= 15 is 0 Å². The fourth-order valence-corrected chi connectivity index (χ4v) is 3.10. The molecule has 2 rings (SSSR count). The zero-order valence-corrected chi connectivity index (χ0v) is 20.0. The number of rotatable bonds is 8. The highest BCUT2D eigenvalue weighted by Gasteiger charge is 2.16. The number of hydrogen-bond donors (Lipinski definition) is 2. The van der Waals surface area contributed by atoms with Gasteiger partial charge >= 0.3 is 11.9 Å². The zero-order chi connectivity index (χ0) is 23.7. The Morgan fingerprint density at radius 2 is 1.62 bits per heavy atom. The Labute approximate surface area is 198 Å². The van der Waals surface area contributed by atoms with Crippen LogP contribution in [0.15, 0.2) is 47.5 Å². The normalized spacial score (nSPS) is 11.4. The average Bonchev–Trinajstić information content (AvgIpc) is 2.69. The minimum absolute atomic E-state index is 0.0264. The van der Waals surface area contributed by atoms with Gasteiger partial charge in [0.05, 0.1) is 22.2 Å². The molecule has 0 heterocycles. The van der Waals surface area contributed by atoms with Crippen LogP contribution in [0.2, 0.25) is 10.0 Å². The molecule has 0 saturated carbocycles. The standard InChI is InChI=1S/C23H27Cl2N3O4/c1-14(2)26-23(27-15(3)4)32-21(30)13-31-20(29)12-16-8-5-6-11-19(16)28-22-17(24)9-7-10-18(22)25/h5-11,14-15,28H,12-13H2,1-4H3,(H,26,27). The number of nitrogens with zero attached hydrogens (tertiary/aromatic N) is 1. The minimum atomic E-state index is -0.722. The number of nitrogens with one attached hydrogen (secondary N) is 2. The molecule has 32 heavy (non-hydrogen) atoms. The molecule has 7 nitrogen and oxygen atoms in total. The lowest BCUT2D eigenvalue weighted by Gasteiger charge is -2.15. The first-order valence-electron chi connectivity index (χ1n) is 10.1. The smallest absolute Gasteiger partial charge is 0.352 e. The van der Waals surface area contributed by atoms with Crippen LogP contribution < -0.4 is 10.6 Å². The van der Waals surface area contributed by atoms with E-state index in [-0.39, 0.29) is 24.5 Å². The third kappa shape index (κ3) is 8.40. The molecule has 0 unspecified atom stereocenters. The van der Waals surface area contributed by atoms with E-state index in [0.717, 1.165) is 0 Å². The van der Waals surface area contributed by atoms with Crippen molar-refractivity contribution in [2.24, 2.45) is 4.99 Å². The summed E-state index contributed by atoms with van der Waals surface area (Å²) in [6.45, 7) is 6.98. The summed E-state index contributed by atoms with van der Waals surface area (Å²) >= 11 is 12.4. The maximum absolute atomic E-state index is 12.3. The minimum Gasteiger partial charge on any atom is -0.453 e. The van der Waals surface area contributed by atoms with Crippen LogP contribution in [0.3, 0.4) is 0 Å². The molecular formula is C23H27Cl2N3O4. The fraction of sp³-hybridized carbons (Fsp3) is 0.348. The maximum atomic E-state index is 12.3. The van der Waals surface area contributed by atoms with Crippen LogP contribution in [0.5, 0.6) is 0 Å². The van der Waals surface area contributed by atoms with Crippen LogP contribution in [0.1, 0.15) is 33.3 Å². The van der Waals surface area contributed by atoms with Gasteiger partial charge in [-0.15, -0.1) is 0 Å². The molecule has 0 aliphatic rings. The predicted molar refractivity (Wildman–Crippen MR) is 128 cm³/mol. The molecule has 0 spiro atoms. The van der Waals surface area contributed by atoms with Gasteiger partial charge in [-0.2, -0.15) is 0 Å². The monoisotopic (exact) mass is 479 g/mol. The number of esters is 2. The third-order valence-corrected chi connectivity index (χ3v) is 4.55. The Bertz CT molecular complexity index is 957. The number of halogens is 2. The quantitative estimate of drug-likeness (QED) is 0.310. The van der Waals surface area contributed by atoms with Crippen LogP contribution in [0.4, 0.5) is 11.4 Å². The molecule has 0 aliphatic carbocycles. The molecule has 0 bridgehead atoms. The lowest BCUT2D eigenvalue weighted by atomic mass is 10.1. The molecular weight excluding hydrogens is 453 g/mol. The molecule has 0 fully saturated rings. The molecule has 0 amide bonds. The number of anilines is 2. The van der Waals surface area contributed by atoms with Crippen molar-refractivity contribution in [3.63, 3.8) is 0 Å². The van der Waals surface area contributed by atoms with E-state index in [1.54, 1.807) is 36.4 Å². The second-order valence-corrected chi connectivity index (χ2v) is 8.33. The third-order valence-electron chi connectivity index (χ3n) is 3.92. The topological polar surface area (TPSA) is 89.0 Å². The largest absolute Gasteiger partial charge is 0.453 e. The Morgan fingerprint density at radius 3 is 2.25 bits per heavy atom. The highest BCUT2D eigenvalue weighted by molar-refractivity contribution is 6.39. The predicted octanol–water partition coefficient (Wildman–Crippen LogP) is 5.13. The van der Waals surface area contributed by atoms with Gasteiger partial charge in [0, 0.05) is 17.8 Å². The lowest BCUT2D eigenvalue weighted by Crippen LogP contribution is -2.35. The number of hydrogen-bond acceptors (Lipinski definition) is 6. The van der Waals surface area contributed by atoms with Gasteiger partial charge in [-0.1, -0.05) is 47.5 Å². The van der Waals surface area contributed by atoms with Crippen molar-refractivity contribution in [3.8, 4) is 0 Å². The Morgan fingerprint density at radius 1 is 0.969 bits per heavy atom. The van der Waals surface area contributed by atoms with E-state index in [1.807, 2.05) is 33.8 Å². The van der Waals surface area contributed by atoms with E-state index < -0.39 is 18.5 Å². The Balaban J connectivity index is 1.98. The van der Waals surface area contributed by atoms with Crippen LogP contribution in [-0.4, -0.2) is 36.7 Å². The van der Waals surface area contributed by atoms with Gasteiger partial charge in [-0.05, 0) is 51.5 Å². The van der Waals surface area contributed by atoms with Crippen molar-refractivity contribution in [2.75, 3.05) is 11.9 Å². The SMILES string of the molecule is CC(C)N=C(NC(C)C)OC(=O)COC(=O)Cc1ccccc1Nc1c(Cl)cccc1Cl. The van der Waals surface area contributed by atoms with Crippen LogP contribution in [-0.2, 0) is 25.5 Å². The summed E-state index contributed by atoms with van der Waals surface area (Å²) in [7, 11) is 0. The van der Waals surface area contributed by atoms with Crippen molar-refractivity contribution >= 4 is 52.5 Å². The van der Waals surface area contributed by atoms with Gasteiger partial charge in [0.15, 0.2) is 6.61 Å². The summed E-state index contributed by atoms with van der Waals surface area (Å²) in [6, 6.07) is 12.4. The summed E-state index contributed by atoms with van der Waals surface area (Å²) in [5, 5.41) is 7.00. The highest BCUT2D eigenvalue weighted by Crippen LogP contribution is 2.33. The van der Waals surface area contributed by atoms with Crippen molar-refractivity contribution in [1.29, 1.82) is 0 Å². The molecule has 0 radical (unpaired) electrons. The van der Waals surface area contributed by atoms with Crippen molar-refractivity contribution in [2.45, 2.75) is 46.2 Å². The zero-order valence-electron chi connectivity index (χ0n) is 18.4. The van der Waals surface area contributed by atoms with E-state index in [4.69, 9.17) is 32.7 Å². The first-order valence-corrected chi connectivity index (χ1v) is 10.9. The van der Waals surface area contributed by atoms with Gasteiger partial charge in [0.25, 0.3) is 6.02 Å². The van der Waals surface area contributed by atoms with Crippen LogP contribution >= 0.6 is 23.2 Å². The van der Waals surface area contributed by atoms with E-state index in [1.165, 1.54) is 0 Å². The van der Waals surface area contributed by atoms with E-state index in [0.29, 0.717) is 27.0 Å². The number of ether oxygens (including phenoxy) is 2. The lowest BCUT2D eigenvalue weighted by molar-refractivity contribution is -0.153. The summed E-state index contributed by atoms with van der Waals surface area (Å²) < 4.78 is 10.3. The van der Waals surface area contributed by atoms with Gasteiger partial charge in [-0.25, -0.2) is 9.79 Å². The van der Waals surface area contributed by atoms with Crippen molar-refractivity contribution in [1.82, 2.24) is 5.32 Å². The van der Waals surface area contributed by atoms with Gasteiger partial charge in [0.1, 0.15) is 0 Å². The van der Waals surface area contributed by atoms with Crippen molar-refractivity contribution < 1.29 is 19.1 Å². The number of aliphatic imine (C=N–C) groups is 1. The number of para-hydroxylation sites is 2. The first kappa shape index (κ1) is 25.5. The number of carbonyl (C=O) groups is 2. The molecule has 2 N–H and O–H groups in total. The summed E-state index contributed by atoms with van der Waals surface area (Å²) in [4.78, 5) is 28.6. The molecule has 0 aliphatic heterocycles. The fourth-order valence-electron chi connectivity index (χ4n) is 2.61. The van der Waals surface area contributed by atoms with E-state index in [9.17, 15) is 9.59 Å². The number of benzene rings is 2. The maximum Gasteiger partial charge on any atom is 0.352 e. The van der Waals surface area contributed by atoms with Gasteiger partial charge in [0.2, 0.25) is 0 Å². The average molecular weight is 480 g/mol. The molecule has 9 heteroatoms. The Kier molecular flexibility index (Phi) is 9.81. The van der Waals surface area contributed by atoms with Crippen molar-refractivity contribution in [3.05, 3.63) is 58.1 Å². The molecule has 2 aromatic carbocycles. The van der Waals surface area contributed by atoms with Gasteiger partial charge < -0.3 is 20.1 Å². The molecule has 2 aromatic rings. The van der Waals surface area contributed by atoms with Crippen LogP contribution in [0.25, 0.3) is 0 Å². The molecule has 0 aromatic heterocycles. The highest BCUT2D eigenvalue weighted by atomic mass is 35.5. The molecule has 0 saturated heterocycles. The number of carbonyl (C=O) groups excluding carboxylic acids is 2. The summed E-state index contributed by atoms with van der Waals surface area (Å²) in [5.41, 5.74) is 1.84. The summed E-state index contributed by atoms with van der Waals surface area (Å²) in [6.07, 6.45) is -0.0598. The Hall–Kier alpha value is -2.77. The molecule has 172 valence electrons. The molecule has 0 atom stereocenters. The summed E-state index contributed by atoms with van der Waals surface area (Å²) in [5.74, 6) is -1.30. The van der Waals surface area contributed by atoms with E-state index in [2.05, 4.69) is 15.6 Å². The number of amidine groups is 1.